The highest BCUT2D eigenvalue weighted by Crippen LogP contribution is 2.24. The molecule has 1 rings (SSSR count). The quantitative estimate of drug-likeness (QED) is 0.485. The Labute approximate surface area is 113 Å². The van der Waals surface area contributed by atoms with Gasteiger partial charge in [-0.25, -0.2) is 17.5 Å². The summed E-state index contributed by atoms with van der Waals surface area (Å²) >= 11 is 0. The molecule has 0 aromatic heterocycles. The first-order valence-corrected chi connectivity index (χ1v) is 6.78. The van der Waals surface area contributed by atoms with E-state index in [1.54, 1.807) is 6.07 Å². The fraction of sp³-hybridized carbons (Fsp3) is 0.300. The molecule has 0 aliphatic rings. The first-order valence-electron chi connectivity index (χ1n) is 5.29. The Kier molecular flexibility index (Phi) is 5.06. The van der Waals surface area contributed by atoms with Crippen LogP contribution < -0.4 is 4.72 Å². The fourth-order valence-electron chi connectivity index (χ4n) is 1.32. The lowest BCUT2D eigenvalue weighted by atomic mass is 10.3. The summed E-state index contributed by atoms with van der Waals surface area (Å²) in [5.41, 5.74) is -1.14. The Morgan fingerprint density at radius 3 is 2.55 bits per heavy atom. The average molecular weight is 305 g/mol. The highest BCUT2D eigenvalue weighted by atomic mass is 32.2. The monoisotopic (exact) mass is 305 g/mol. The summed E-state index contributed by atoms with van der Waals surface area (Å²) in [6.45, 7) is -0.138. The van der Waals surface area contributed by atoms with Crippen molar-refractivity contribution < 1.29 is 22.1 Å². The molecule has 0 spiro atoms. The molecule has 0 aliphatic heterocycles. The van der Waals surface area contributed by atoms with Crippen molar-refractivity contribution in [2.24, 2.45) is 0 Å². The first-order chi connectivity index (χ1) is 9.29. The molecule has 1 N–H and O–H groups in total. The lowest BCUT2D eigenvalue weighted by Gasteiger charge is -2.07. The summed E-state index contributed by atoms with van der Waals surface area (Å²) < 4.78 is 51.9. The van der Waals surface area contributed by atoms with E-state index in [0.29, 0.717) is 6.07 Å². The molecule has 0 amide bonds. The van der Waals surface area contributed by atoms with Gasteiger partial charge >= 0.3 is 5.69 Å². The lowest BCUT2D eigenvalue weighted by molar-refractivity contribution is -0.387. The standard InChI is InChI=1S/C10H9F2N3O4S/c11-7-5-8(12)10(6-9(7)15(16)17)20(18,19)14-4-2-1-3-13/h5-6,14H,1-2,4H2. The van der Waals surface area contributed by atoms with Crippen molar-refractivity contribution >= 4 is 15.7 Å². The van der Waals surface area contributed by atoms with Gasteiger partial charge in [0, 0.05) is 25.1 Å². The van der Waals surface area contributed by atoms with Gasteiger partial charge in [0.25, 0.3) is 0 Å². The zero-order valence-electron chi connectivity index (χ0n) is 9.97. The van der Waals surface area contributed by atoms with Crippen LogP contribution in [0, 0.1) is 33.1 Å². The van der Waals surface area contributed by atoms with E-state index in [1.807, 2.05) is 4.72 Å². The summed E-state index contributed by atoms with van der Waals surface area (Å²) in [7, 11) is -4.35. The topological polar surface area (TPSA) is 113 Å². The third kappa shape index (κ3) is 3.69. The molecule has 20 heavy (non-hydrogen) atoms. The number of nitrogens with zero attached hydrogens (tertiary/aromatic N) is 2. The van der Waals surface area contributed by atoms with Crippen LogP contribution in [0.25, 0.3) is 0 Å². The highest BCUT2D eigenvalue weighted by Gasteiger charge is 2.25. The number of hydrogen-bond donors (Lipinski definition) is 1. The van der Waals surface area contributed by atoms with Crippen LogP contribution in [0.15, 0.2) is 17.0 Å². The van der Waals surface area contributed by atoms with E-state index in [9.17, 15) is 27.3 Å². The molecule has 0 fully saturated rings. The summed E-state index contributed by atoms with van der Waals surface area (Å²) in [5, 5.41) is 18.8. The normalized spacial score (nSPS) is 11.1. The SMILES string of the molecule is N#CCCCNS(=O)(=O)c1cc([N+](=O)[O-])c(F)cc1F. The lowest BCUT2D eigenvalue weighted by Crippen LogP contribution is -2.25. The van der Waals surface area contributed by atoms with Crippen LogP contribution in [-0.2, 0) is 10.0 Å². The molecule has 1 aromatic carbocycles. The summed E-state index contributed by atoms with van der Waals surface area (Å²) in [5.74, 6) is -2.89. The summed E-state index contributed by atoms with van der Waals surface area (Å²) in [6.07, 6.45) is 0.287. The van der Waals surface area contributed by atoms with Gasteiger partial charge in [-0.3, -0.25) is 10.1 Å². The van der Waals surface area contributed by atoms with Gasteiger partial charge in [-0.1, -0.05) is 0 Å². The van der Waals surface area contributed by atoms with E-state index in [2.05, 4.69) is 0 Å². The molecule has 7 nitrogen and oxygen atoms in total. The first kappa shape index (κ1) is 15.9. The maximum absolute atomic E-state index is 13.4. The molecule has 10 heteroatoms. The molecule has 0 radical (unpaired) electrons. The minimum Gasteiger partial charge on any atom is -0.258 e. The third-order valence-corrected chi connectivity index (χ3v) is 3.72. The van der Waals surface area contributed by atoms with Crippen LogP contribution >= 0.6 is 0 Å². The van der Waals surface area contributed by atoms with E-state index >= 15 is 0 Å². The smallest absolute Gasteiger partial charge is 0.258 e. The number of hydrogen-bond acceptors (Lipinski definition) is 5. The van der Waals surface area contributed by atoms with Gasteiger partial charge < -0.3 is 0 Å². The van der Waals surface area contributed by atoms with E-state index in [0.717, 1.165) is 0 Å². The van der Waals surface area contributed by atoms with Crippen molar-refractivity contribution in [1.29, 1.82) is 5.26 Å². The number of halogens is 2. The molecule has 0 aliphatic carbocycles. The molecule has 0 atom stereocenters. The predicted molar refractivity (Wildman–Crippen MR) is 63.0 cm³/mol. The van der Waals surface area contributed by atoms with Crippen LogP contribution in [-0.4, -0.2) is 19.9 Å². The van der Waals surface area contributed by atoms with Crippen molar-refractivity contribution in [3.8, 4) is 6.07 Å². The average Bonchev–Trinajstić information content (AvgIpc) is 2.33. The molecule has 108 valence electrons. The van der Waals surface area contributed by atoms with Crippen LogP contribution in [0.2, 0.25) is 0 Å². The molecule has 0 saturated heterocycles. The predicted octanol–water partition coefficient (Wildman–Crippen LogP) is 1.46. The minimum absolute atomic E-state index is 0.0918. The number of benzene rings is 1. The number of sulfonamides is 1. The van der Waals surface area contributed by atoms with Crippen LogP contribution in [0.4, 0.5) is 14.5 Å². The Balaban J connectivity index is 3.09. The zero-order valence-corrected chi connectivity index (χ0v) is 10.8. The van der Waals surface area contributed by atoms with Crippen molar-refractivity contribution in [2.75, 3.05) is 6.54 Å². The van der Waals surface area contributed by atoms with Crippen molar-refractivity contribution in [3.63, 3.8) is 0 Å². The Morgan fingerprint density at radius 1 is 1.35 bits per heavy atom. The van der Waals surface area contributed by atoms with Crippen molar-refractivity contribution in [1.82, 2.24) is 4.72 Å². The van der Waals surface area contributed by atoms with Gasteiger partial charge in [0.05, 0.1) is 11.0 Å². The van der Waals surface area contributed by atoms with Gasteiger partial charge in [-0.05, 0) is 6.42 Å². The number of nitriles is 1. The van der Waals surface area contributed by atoms with E-state index in [4.69, 9.17) is 5.26 Å². The molecule has 0 heterocycles. The van der Waals surface area contributed by atoms with E-state index < -0.39 is 37.2 Å². The van der Waals surface area contributed by atoms with Crippen LogP contribution in [0.5, 0.6) is 0 Å². The van der Waals surface area contributed by atoms with Crippen molar-refractivity contribution in [2.45, 2.75) is 17.7 Å². The largest absolute Gasteiger partial charge is 0.306 e. The molecule has 0 unspecified atom stereocenters. The molecule has 1 aromatic rings. The maximum Gasteiger partial charge on any atom is 0.306 e. The molecule has 0 bridgehead atoms. The van der Waals surface area contributed by atoms with E-state index in [1.165, 1.54) is 0 Å². The number of nitrogens with one attached hydrogen (secondary N) is 1. The second kappa shape index (κ2) is 6.36. The minimum atomic E-state index is -4.35. The maximum atomic E-state index is 13.4. The Hall–Kier alpha value is -2.12. The number of rotatable bonds is 6. The second-order valence-corrected chi connectivity index (χ2v) is 5.39. The van der Waals surface area contributed by atoms with Gasteiger partial charge in [-0.2, -0.15) is 9.65 Å². The number of nitro groups is 1. The number of nitro benzene ring substituents is 1. The number of unbranched alkanes of at least 4 members (excludes halogenated alkanes) is 1. The second-order valence-electron chi connectivity index (χ2n) is 3.65. The van der Waals surface area contributed by atoms with Crippen LogP contribution in [0.1, 0.15) is 12.8 Å². The van der Waals surface area contributed by atoms with Crippen molar-refractivity contribution in [3.05, 3.63) is 33.9 Å². The zero-order chi connectivity index (χ0) is 15.3. The van der Waals surface area contributed by atoms with Gasteiger partial charge in [0.15, 0.2) is 0 Å². The Morgan fingerprint density at radius 2 is 2.00 bits per heavy atom. The molecular weight excluding hydrogens is 296 g/mol. The van der Waals surface area contributed by atoms with Crippen LogP contribution in [0.3, 0.4) is 0 Å². The van der Waals surface area contributed by atoms with Gasteiger partial charge in [0.1, 0.15) is 10.7 Å². The molecular formula is C10H9F2N3O4S. The fourth-order valence-corrected chi connectivity index (χ4v) is 2.47. The summed E-state index contributed by atoms with van der Waals surface area (Å²) in [4.78, 5) is 8.34. The third-order valence-electron chi connectivity index (χ3n) is 2.24. The van der Waals surface area contributed by atoms with Gasteiger partial charge in [-0.15, -0.1) is 0 Å². The highest BCUT2D eigenvalue weighted by molar-refractivity contribution is 7.89. The summed E-state index contributed by atoms with van der Waals surface area (Å²) in [6, 6.07) is 2.25. The van der Waals surface area contributed by atoms with E-state index in [-0.39, 0.29) is 25.5 Å². The Bertz CT molecular complexity index is 670. The molecule has 0 saturated carbocycles. The van der Waals surface area contributed by atoms with Gasteiger partial charge in [0.2, 0.25) is 15.8 Å².